The number of fused-ring (bicyclic) bond motifs is 3. The van der Waals surface area contributed by atoms with Gasteiger partial charge in [0.15, 0.2) is 0 Å². The van der Waals surface area contributed by atoms with Gasteiger partial charge in [0.25, 0.3) is 0 Å². The fraction of sp³-hybridized carbons (Fsp3) is 0.452. The first-order valence-corrected chi connectivity index (χ1v) is 20.1. The molecule has 1 saturated carbocycles. The molecule has 302 valence electrons. The summed E-state index contributed by atoms with van der Waals surface area (Å²) in [7, 11) is 1.58. The van der Waals surface area contributed by atoms with Gasteiger partial charge in [0, 0.05) is 40.4 Å². The molecule has 2 aliphatic heterocycles. The molecule has 2 aromatic heterocycles. The number of anilines is 1. The average molecular weight is 806 g/mol. The molecule has 1 saturated heterocycles. The Labute approximate surface area is 332 Å². The highest BCUT2D eigenvalue weighted by Gasteiger charge is 2.61. The number of carboxylic acid groups (broad SMARTS) is 1. The zero-order valence-corrected chi connectivity index (χ0v) is 33.0. The molecule has 4 heterocycles. The van der Waals surface area contributed by atoms with Gasteiger partial charge >= 0.3 is 12.1 Å². The van der Waals surface area contributed by atoms with E-state index in [1.165, 1.54) is 28.4 Å². The number of halogens is 3. The minimum absolute atomic E-state index is 0.00541. The molecule has 0 radical (unpaired) electrons. The number of hydrogen-bond donors (Lipinski definition) is 3. The number of rotatable bonds is 8. The Balaban J connectivity index is 1.24. The number of hydrogen-bond acceptors (Lipinski definition) is 9. The molecule has 15 heteroatoms. The fourth-order valence-electron chi connectivity index (χ4n) is 7.76. The van der Waals surface area contributed by atoms with Crippen molar-refractivity contribution >= 4 is 45.7 Å². The van der Waals surface area contributed by atoms with Gasteiger partial charge in [-0.2, -0.15) is 13.2 Å². The van der Waals surface area contributed by atoms with Crippen LogP contribution in [0.3, 0.4) is 0 Å². The summed E-state index contributed by atoms with van der Waals surface area (Å²) < 4.78 is 52.4. The quantitative estimate of drug-likeness (QED) is 0.151. The van der Waals surface area contributed by atoms with Crippen LogP contribution in [0, 0.1) is 12.8 Å². The van der Waals surface area contributed by atoms with E-state index in [4.69, 9.17) is 19.4 Å². The molecule has 57 heavy (non-hydrogen) atoms. The Morgan fingerprint density at radius 3 is 2.54 bits per heavy atom. The van der Waals surface area contributed by atoms with Gasteiger partial charge in [0.1, 0.15) is 45.9 Å². The van der Waals surface area contributed by atoms with Crippen LogP contribution in [0.25, 0.3) is 21.6 Å². The number of alkyl halides is 3. The Bertz CT molecular complexity index is 2190. The van der Waals surface area contributed by atoms with Gasteiger partial charge in [-0.15, -0.1) is 11.3 Å². The highest BCUT2D eigenvalue weighted by Crippen LogP contribution is 2.46. The zero-order chi connectivity index (χ0) is 40.6. The lowest BCUT2D eigenvalue weighted by molar-refractivity contribution is -0.145. The number of carboxylic acids is 1. The lowest BCUT2D eigenvalue weighted by Gasteiger charge is -2.30. The number of thiazole rings is 1. The maximum absolute atomic E-state index is 14.7. The molecule has 2 aromatic carbocycles. The van der Waals surface area contributed by atoms with Crippen molar-refractivity contribution in [3.05, 3.63) is 76.8 Å². The van der Waals surface area contributed by atoms with Crippen LogP contribution < -0.4 is 20.1 Å². The zero-order valence-electron chi connectivity index (χ0n) is 32.2. The van der Waals surface area contributed by atoms with Crippen molar-refractivity contribution in [1.82, 2.24) is 20.2 Å². The van der Waals surface area contributed by atoms with E-state index in [9.17, 15) is 32.7 Å². The van der Waals surface area contributed by atoms with Gasteiger partial charge in [-0.25, -0.2) is 14.8 Å². The van der Waals surface area contributed by atoms with E-state index in [-0.39, 0.29) is 31.2 Å². The smallest absolute Gasteiger partial charge is 0.416 e. The molecular formula is C42H46F3N5O6S. The van der Waals surface area contributed by atoms with Crippen LogP contribution in [0.1, 0.15) is 81.5 Å². The van der Waals surface area contributed by atoms with E-state index in [0.717, 1.165) is 36.2 Å². The molecule has 3 N–H and O–H groups in total. The summed E-state index contributed by atoms with van der Waals surface area (Å²) in [6, 6.07) is 8.00. The van der Waals surface area contributed by atoms with Crippen molar-refractivity contribution in [1.29, 1.82) is 0 Å². The maximum atomic E-state index is 14.7. The summed E-state index contributed by atoms with van der Waals surface area (Å²) in [5, 5.41) is 19.6. The molecule has 11 nitrogen and oxygen atoms in total. The molecule has 3 aliphatic rings. The summed E-state index contributed by atoms with van der Waals surface area (Å²) in [6.07, 6.45) is 2.12. The highest BCUT2D eigenvalue weighted by molar-refractivity contribution is 7.13. The summed E-state index contributed by atoms with van der Waals surface area (Å²) >= 11 is 1.47. The highest BCUT2D eigenvalue weighted by atomic mass is 32.1. The van der Waals surface area contributed by atoms with Crippen molar-refractivity contribution in [3.8, 4) is 22.2 Å². The van der Waals surface area contributed by atoms with Crippen LogP contribution in [0.15, 0.2) is 60.0 Å². The van der Waals surface area contributed by atoms with E-state index in [1.54, 1.807) is 7.11 Å². The molecule has 5 atom stereocenters. The number of nitrogens with zero attached hydrogens (tertiary/aromatic N) is 3. The van der Waals surface area contributed by atoms with Crippen LogP contribution in [-0.2, 0) is 20.6 Å². The summed E-state index contributed by atoms with van der Waals surface area (Å²) in [5.74, 6) is -1.26. The second-order valence-electron chi connectivity index (χ2n) is 15.4. The van der Waals surface area contributed by atoms with Gasteiger partial charge in [-0.3, -0.25) is 9.59 Å². The number of aryl methyl sites for hydroxylation is 1. The van der Waals surface area contributed by atoms with E-state index < -0.39 is 53.2 Å². The number of carbonyl (C=O) groups excluding carboxylic acids is 2. The predicted molar refractivity (Wildman–Crippen MR) is 210 cm³/mol. The Morgan fingerprint density at radius 1 is 1.09 bits per heavy atom. The monoisotopic (exact) mass is 805 g/mol. The Kier molecular flexibility index (Phi) is 11.2. The van der Waals surface area contributed by atoms with E-state index in [0.29, 0.717) is 58.1 Å². The number of aromatic nitrogens is 2. The number of benzene rings is 2. The number of methoxy groups -OCH3 is 1. The third-order valence-electron chi connectivity index (χ3n) is 11.2. The van der Waals surface area contributed by atoms with E-state index >= 15 is 0 Å². The average Bonchev–Trinajstić information content (AvgIpc) is 3.46. The largest absolute Gasteiger partial charge is 0.496 e. The molecule has 2 amide bonds. The number of ether oxygens (including phenoxy) is 2. The number of pyridine rings is 1. The summed E-state index contributed by atoms with van der Waals surface area (Å²) in [4.78, 5) is 52.7. The normalized spacial score (nSPS) is 24.9. The van der Waals surface area contributed by atoms with Crippen LogP contribution in [-0.4, -0.2) is 75.1 Å². The van der Waals surface area contributed by atoms with Gasteiger partial charge < -0.3 is 30.1 Å². The van der Waals surface area contributed by atoms with Crippen molar-refractivity contribution in [2.45, 2.75) is 102 Å². The topological polar surface area (TPSA) is 143 Å². The Morgan fingerprint density at radius 2 is 1.86 bits per heavy atom. The van der Waals surface area contributed by atoms with Crippen molar-refractivity contribution < 1.29 is 42.1 Å². The van der Waals surface area contributed by atoms with E-state index in [2.05, 4.69) is 24.5 Å². The molecule has 0 spiro atoms. The van der Waals surface area contributed by atoms with Crippen LogP contribution in [0.2, 0.25) is 0 Å². The molecule has 0 unspecified atom stereocenters. The SMILES string of the molecule is COc1ccc2c(O[C@@H]3C[C@H]4C(=O)N[C@]5(C(=O)O)C[C@@H]5/C=C\CCCCC[C@H](Nc5ccc(C(F)(F)F)cc5)C(=O)N4C3)cc(-c3nc(C(C)C)cs3)nc2c1C. The van der Waals surface area contributed by atoms with Crippen molar-refractivity contribution in [2.24, 2.45) is 5.92 Å². The summed E-state index contributed by atoms with van der Waals surface area (Å²) in [6.45, 7) is 6.02. The fourth-order valence-corrected chi connectivity index (χ4v) is 8.70. The second kappa shape index (κ2) is 16.0. The Hall–Kier alpha value is -5.18. The third-order valence-corrected chi connectivity index (χ3v) is 12.1. The molecule has 0 bridgehead atoms. The number of allylic oxidation sites excluding steroid dienone is 1. The number of carbonyl (C=O) groups is 3. The van der Waals surface area contributed by atoms with Crippen LogP contribution in [0.5, 0.6) is 11.5 Å². The third kappa shape index (κ3) is 8.30. The minimum Gasteiger partial charge on any atom is -0.496 e. The van der Waals surface area contributed by atoms with Gasteiger partial charge in [-0.1, -0.05) is 38.8 Å². The van der Waals surface area contributed by atoms with Crippen LogP contribution in [0.4, 0.5) is 18.9 Å². The number of amides is 2. The summed E-state index contributed by atoms with van der Waals surface area (Å²) in [5.41, 5.74) is 0.969. The van der Waals surface area contributed by atoms with E-state index in [1.807, 2.05) is 42.7 Å². The lowest BCUT2D eigenvalue weighted by atomic mass is 10.0. The van der Waals surface area contributed by atoms with Gasteiger partial charge in [0.2, 0.25) is 11.8 Å². The molecular weight excluding hydrogens is 760 g/mol. The molecule has 1 aliphatic carbocycles. The number of aliphatic carboxylic acids is 1. The molecule has 4 aromatic rings. The van der Waals surface area contributed by atoms with Crippen molar-refractivity contribution in [2.75, 3.05) is 19.0 Å². The van der Waals surface area contributed by atoms with Gasteiger partial charge in [0.05, 0.1) is 30.4 Å². The molecule has 2 fully saturated rings. The maximum Gasteiger partial charge on any atom is 0.416 e. The second-order valence-corrected chi connectivity index (χ2v) is 16.3. The standard InChI is InChI=1S/C42H46F3N5O6S/c1-23(2)32-22-57-38(48-32)31-19-35(29-16-17-34(55-4)24(3)36(29)47-31)56-28-18-33-37(51)49-41(40(53)54)20-26(41)10-8-6-5-7-9-11-30(39(52)50(33)21-28)46-27-14-12-25(13-15-27)42(43,44)45/h8,10,12-17,19,22-23,26,28,30,33,46H,5-7,9,11,18,20-21H2,1-4H3,(H,49,51)(H,53,54)/b10-8-/t26-,28+,30-,33-,41+/m0/s1. The van der Waals surface area contributed by atoms with Gasteiger partial charge in [-0.05, 0) is 74.9 Å². The van der Waals surface area contributed by atoms with Crippen molar-refractivity contribution in [3.63, 3.8) is 0 Å². The lowest BCUT2D eigenvalue weighted by Crippen LogP contribution is -2.55. The van der Waals surface area contributed by atoms with Crippen LogP contribution >= 0.6 is 11.3 Å². The predicted octanol–water partition coefficient (Wildman–Crippen LogP) is 8.13. The first kappa shape index (κ1) is 40.0. The molecule has 7 rings (SSSR count). The minimum atomic E-state index is -4.52. The first-order valence-electron chi connectivity index (χ1n) is 19.3. The first-order chi connectivity index (χ1) is 27.2. The number of nitrogens with one attached hydrogen (secondary N) is 2.